The maximum absolute atomic E-state index is 10.8. The number of hydrogen-bond donors (Lipinski definition) is 1. The van der Waals surface area contributed by atoms with Crippen molar-refractivity contribution in [3.8, 4) is 0 Å². The van der Waals surface area contributed by atoms with Gasteiger partial charge in [0.2, 0.25) is 0 Å². The molecule has 7 nitrogen and oxygen atoms in total. The molecule has 0 fully saturated rings. The molecule has 0 aliphatic carbocycles. The molecule has 1 aromatic carbocycles. The normalized spacial score (nSPS) is 10.6. The van der Waals surface area contributed by atoms with Crippen LogP contribution in [-0.4, -0.2) is 13.5 Å². The molecule has 0 heterocycles. The standard InChI is InChI=1S/C6H6N2O5S/c9-8(10)13-14(11,12)7-6-4-2-1-3-5-6/h1-5,7H. The summed E-state index contributed by atoms with van der Waals surface area (Å²) >= 11 is 0. The van der Waals surface area contributed by atoms with Gasteiger partial charge in [0.05, 0.1) is 5.69 Å². The molecule has 0 aliphatic heterocycles. The molecule has 0 radical (unpaired) electrons. The van der Waals surface area contributed by atoms with Crippen LogP contribution in [0.5, 0.6) is 0 Å². The third-order valence-electron chi connectivity index (χ3n) is 1.18. The fourth-order valence-electron chi connectivity index (χ4n) is 0.749. The molecular formula is C6H6N2O5S. The molecule has 0 aromatic heterocycles. The van der Waals surface area contributed by atoms with Crippen LogP contribution in [0.3, 0.4) is 0 Å². The minimum Gasteiger partial charge on any atom is -0.262 e. The second-order valence-corrected chi connectivity index (χ2v) is 3.48. The van der Waals surface area contributed by atoms with E-state index < -0.39 is 15.4 Å². The lowest BCUT2D eigenvalue weighted by Crippen LogP contribution is -2.19. The van der Waals surface area contributed by atoms with Crippen LogP contribution in [-0.2, 0) is 14.6 Å². The van der Waals surface area contributed by atoms with E-state index in [1.54, 1.807) is 18.2 Å². The van der Waals surface area contributed by atoms with Crippen LogP contribution in [0.15, 0.2) is 30.3 Å². The van der Waals surface area contributed by atoms with E-state index in [9.17, 15) is 18.5 Å². The first-order valence-electron chi connectivity index (χ1n) is 3.41. The maximum Gasteiger partial charge on any atom is 0.393 e. The summed E-state index contributed by atoms with van der Waals surface area (Å²) in [6, 6.07) is 7.68. The SMILES string of the molecule is O=[N+]([O-])OS(=O)(=O)Nc1ccccc1. The zero-order chi connectivity index (χ0) is 10.6. The quantitative estimate of drug-likeness (QED) is 0.587. The summed E-state index contributed by atoms with van der Waals surface area (Å²) in [5, 5.41) is 8.37. The molecule has 0 saturated carbocycles. The van der Waals surface area contributed by atoms with Crippen molar-refractivity contribution in [1.82, 2.24) is 0 Å². The summed E-state index contributed by atoms with van der Waals surface area (Å²) in [6.45, 7) is 0. The average molecular weight is 218 g/mol. The minimum absolute atomic E-state index is 0.189. The van der Waals surface area contributed by atoms with Gasteiger partial charge in [-0.05, 0) is 12.1 Å². The lowest BCUT2D eigenvalue weighted by atomic mass is 10.3. The highest BCUT2D eigenvalue weighted by atomic mass is 32.2. The van der Waals surface area contributed by atoms with Crippen LogP contribution in [0.25, 0.3) is 0 Å². The van der Waals surface area contributed by atoms with Crippen molar-refractivity contribution < 1.29 is 17.8 Å². The number of nitrogens with one attached hydrogen (secondary N) is 1. The van der Waals surface area contributed by atoms with E-state index in [-0.39, 0.29) is 5.69 Å². The van der Waals surface area contributed by atoms with Gasteiger partial charge in [-0.3, -0.25) is 4.72 Å². The largest absolute Gasteiger partial charge is 0.393 e. The molecule has 1 aromatic rings. The Kier molecular flexibility index (Phi) is 2.87. The van der Waals surface area contributed by atoms with E-state index in [1.165, 1.54) is 12.1 Å². The fraction of sp³-hybridized carbons (Fsp3) is 0. The number of hydrogen-bond acceptors (Lipinski definition) is 5. The van der Waals surface area contributed by atoms with Gasteiger partial charge in [0, 0.05) is 0 Å². The van der Waals surface area contributed by atoms with Crippen LogP contribution >= 0.6 is 0 Å². The maximum atomic E-state index is 10.8. The summed E-state index contributed by atoms with van der Waals surface area (Å²) in [5.41, 5.74) is 0.189. The van der Waals surface area contributed by atoms with Gasteiger partial charge in [-0.1, -0.05) is 18.2 Å². The highest BCUT2D eigenvalue weighted by Crippen LogP contribution is 2.08. The summed E-state index contributed by atoms with van der Waals surface area (Å²) in [7, 11) is -4.38. The second-order valence-electron chi connectivity index (χ2n) is 2.22. The van der Waals surface area contributed by atoms with Crippen molar-refractivity contribution in [1.29, 1.82) is 0 Å². The number of benzene rings is 1. The molecule has 0 bridgehead atoms. The summed E-state index contributed by atoms with van der Waals surface area (Å²) in [6.07, 6.45) is 0. The van der Waals surface area contributed by atoms with Crippen molar-refractivity contribution in [3.05, 3.63) is 40.4 Å². The van der Waals surface area contributed by atoms with Crippen LogP contribution in [0.1, 0.15) is 0 Å². The smallest absolute Gasteiger partial charge is 0.262 e. The van der Waals surface area contributed by atoms with Crippen molar-refractivity contribution in [2.75, 3.05) is 4.72 Å². The first kappa shape index (κ1) is 10.3. The molecule has 0 aliphatic rings. The topological polar surface area (TPSA) is 98.5 Å². The molecule has 0 unspecified atom stereocenters. The average Bonchev–Trinajstić information content (AvgIpc) is 2.02. The van der Waals surface area contributed by atoms with Gasteiger partial charge in [0.1, 0.15) is 0 Å². The predicted molar refractivity (Wildman–Crippen MR) is 47.1 cm³/mol. The Morgan fingerprint density at radius 3 is 2.36 bits per heavy atom. The predicted octanol–water partition coefficient (Wildman–Crippen LogP) is 0.552. The molecular weight excluding hydrogens is 212 g/mol. The van der Waals surface area contributed by atoms with Crippen molar-refractivity contribution in [3.63, 3.8) is 0 Å². The Morgan fingerprint density at radius 1 is 1.29 bits per heavy atom. The Morgan fingerprint density at radius 2 is 1.86 bits per heavy atom. The molecule has 14 heavy (non-hydrogen) atoms. The Labute approximate surface area is 79.7 Å². The lowest BCUT2D eigenvalue weighted by Gasteiger charge is -2.03. The highest BCUT2D eigenvalue weighted by molar-refractivity contribution is 7.87. The Bertz CT molecular complexity index is 415. The number of rotatable bonds is 4. The van der Waals surface area contributed by atoms with Gasteiger partial charge >= 0.3 is 15.4 Å². The van der Waals surface area contributed by atoms with E-state index in [2.05, 4.69) is 4.28 Å². The lowest BCUT2D eigenvalue weighted by molar-refractivity contribution is -0.711. The summed E-state index contributed by atoms with van der Waals surface area (Å²) in [4.78, 5) is 9.77. The molecule has 8 heteroatoms. The van der Waals surface area contributed by atoms with Gasteiger partial charge in [-0.2, -0.15) is 12.7 Å². The van der Waals surface area contributed by atoms with Gasteiger partial charge in [-0.15, -0.1) is 10.1 Å². The number of anilines is 1. The molecule has 0 spiro atoms. The van der Waals surface area contributed by atoms with Crippen molar-refractivity contribution in [2.45, 2.75) is 0 Å². The highest BCUT2D eigenvalue weighted by Gasteiger charge is 2.14. The van der Waals surface area contributed by atoms with E-state index in [0.29, 0.717) is 0 Å². The summed E-state index contributed by atoms with van der Waals surface area (Å²) < 4.78 is 27.0. The van der Waals surface area contributed by atoms with E-state index >= 15 is 0 Å². The number of nitrogens with zero attached hydrogens (tertiary/aromatic N) is 1. The molecule has 1 N–H and O–H groups in total. The fourth-order valence-corrected chi connectivity index (χ4v) is 1.37. The third-order valence-corrected chi connectivity index (χ3v) is 1.98. The van der Waals surface area contributed by atoms with Gasteiger partial charge in [-0.25, -0.2) is 0 Å². The summed E-state index contributed by atoms with van der Waals surface area (Å²) in [5.74, 6) is 0. The van der Waals surface area contributed by atoms with Crippen LogP contribution in [0.2, 0.25) is 0 Å². The van der Waals surface area contributed by atoms with E-state index in [1.807, 2.05) is 4.72 Å². The first-order valence-corrected chi connectivity index (χ1v) is 4.82. The molecule has 1 rings (SSSR count). The monoisotopic (exact) mass is 218 g/mol. The second kappa shape index (κ2) is 3.92. The van der Waals surface area contributed by atoms with Crippen LogP contribution in [0.4, 0.5) is 5.69 Å². The zero-order valence-electron chi connectivity index (χ0n) is 6.78. The van der Waals surface area contributed by atoms with Crippen molar-refractivity contribution in [2.24, 2.45) is 0 Å². The first-order chi connectivity index (χ1) is 6.49. The van der Waals surface area contributed by atoms with Gasteiger partial charge in [0.25, 0.3) is 0 Å². The molecule has 0 saturated heterocycles. The van der Waals surface area contributed by atoms with E-state index in [4.69, 9.17) is 0 Å². The third kappa shape index (κ3) is 3.27. The molecule has 76 valence electrons. The van der Waals surface area contributed by atoms with Crippen molar-refractivity contribution >= 4 is 16.0 Å². The Hall–Kier alpha value is -1.83. The molecule has 0 amide bonds. The van der Waals surface area contributed by atoms with E-state index in [0.717, 1.165) is 0 Å². The van der Waals surface area contributed by atoms with Crippen LogP contribution in [0, 0.1) is 10.1 Å². The Balaban J connectivity index is 2.74. The van der Waals surface area contributed by atoms with Gasteiger partial charge in [0.15, 0.2) is 0 Å². The zero-order valence-corrected chi connectivity index (χ0v) is 7.60. The molecule has 0 atom stereocenters. The van der Waals surface area contributed by atoms with Crippen LogP contribution < -0.4 is 4.72 Å². The minimum atomic E-state index is -4.38. The van der Waals surface area contributed by atoms with Gasteiger partial charge < -0.3 is 0 Å². The number of para-hydroxylation sites is 1.